The maximum absolute atomic E-state index is 6.25. The fourth-order valence-electron chi connectivity index (χ4n) is 2.78. The number of rotatable bonds is 0. The Kier molecular flexibility index (Phi) is 2.79. The molecule has 2 aliphatic rings. The lowest BCUT2D eigenvalue weighted by molar-refractivity contribution is 0.168. The van der Waals surface area contributed by atoms with Crippen molar-refractivity contribution in [2.75, 3.05) is 13.2 Å². The molecule has 1 aromatic carbocycles. The van der Waals surface area contributed by atoms with Crippen molar-refractivity contribution in [3.8, 4) is 11.5 Å². The van der Waals surface area contributed by atoms with Crippen LogP contribution in [0.5, 0.6) is 11.5 Å². The molecule has 0 saturated carbocycles. The number of ether oxygens (including phenoxy) is 2. The van der Waals surface area contributed by atoms with Gasteiger partial charge in [0.1, 0.15) is 13.2 Å². The Morgan fingerprint density at radius 1 is 1.24 bits per heavy atom. The fraction of sp³-hybridized carbons (Fsp3) is 0.538. The van der Waals surface area contributed by atoms with Crippen LogP contribution in [0, 0.1) is 0 Å². The molecule has 0 aromatic heterocycles. The Morgan fingerprint density at radius 2 is 2.00 bits per heavy atom. The molecule has 4 heteroatoms. The molecule has 0 bridgehead atoms. The summed E-state index contributed by atoms with van der Waals surface area (Å²) in [6, 6.07) is 2.08. The molecule has 17 heavy (non-hydrogen) atoms. The highest BCUT2D eigenvalue weighted by Crippen LogP contribution is 2.49. The van der Waals surface area contributed by atoms with Crippen molar-refractivity contribution >= 4 is 15.9 Å². The Labute approximate surface area is 109 Å². The first-order valence-electron chi connectivity index (χ1n) is 6.06. The molecule has 3 nitrogen and oxygen atoms in total. The number of benzene rings is 1. The average Bonchev–Trinajstić information content (AvgIpc) is 2.33. The summed E-state index contributed by atoms with van der Waals surface area (Å²) in [5.74, 6) is 2.22. The molecule has 0 saturated heterocycles. The SMILES string of the molecule is CC1CCC(N)c2c3c(cc(Br)c21)OCCO3. The van der Waals surface area contributed by atoms with Crippen molar-refractivity contribution in [1.29, 1.82) is 0 Å². The van der Waals surface area contributed by atoms with Crippen molar-refractivity contribution in [3.05, 3.63) is 21.7 Å². The number of halogens is 1. The molecule has 1 aliphatic heterocycles. The quantitative estimate of drug-likeness (QED) is 0.800. The molecular weight excluding hydrogens is 282 g/mol. The third-order valence-corrected chi connectivity index (χ3v) is 4.29. The van der Waals surface area contributed by atoms with Crippen molar-refractivity contribution in [2.24, 2.45) is 5.73 Å². The van der Waals surface area contributed by atoms with Gasteiger partial charge in [-0.3, -0.25) is 0 Å². The van der Waals surface area contributed by atoms with Gasteiger partial charge >= 0.3 is 0 Å². The van der Waals surface area contributed by atoms with Gasteiger partial charge in [0.15, 0.2) is 11.5 Å². The maximum atomic E-state index is 6.25. The zero-order chi connectivity index (χ0) is 12.0. The van der Waals surface area contributed by atoms with Gasteiger partial charge in [-0.2, -0.15) is 0 Å². The zero-order valence-corrected chi connectivity index (χ0v) is 11.4. The topological polar surface area (TPSA) is 44.5 Å². The van der Waals surface area contributed by atoms with Gasteiger partial charge in [-0.1, -0.05) is 22.9 Å². The van der Waals surface area contributed by atoms with E-state index in [0.29, 0.717) is 19.1 Å². The molecule has 2 atom stereocenters. The normalized spacial score (nSPS) is 26.5. The monoisotopic (exact) mass is 297 g/mol. The summed E-state index contributed by atoms with van der Waals surface area (Å²) in [6.07, 6.45) is 2.15. The summed E-state index contributed by atoms with van der Waals surface area (Å²) in [5.41, 5.74) is 8.69. The summed E-state index contributed by atoms with van der Waals surface area (Å²) in [7, 11) is 0. The highest BCUT2D eigenvalue weighted by molar-refractivity contribution is 9.10. The van der Waals surface area contributed by atoms with Gasteiger partial charge in [-0.25, -0.2) is 0 Å². The molecule has 1 heterocycles. The highest BCUT2D eigenvalue weighted by Gasteiger charge is 2.31. The number of hydrogen-bond donors (Lipinski definition) is 1. The molecule has 2 unspecified atom stereocenters. The summed E-state index contributed by atoms with van der Waals surface area (Å²) >= 11 is 3.64. The van der Waals surface area contributed by atoms with Crippen LogP contribution in [0.4, 0.5) is 0 Å². The van der Waals surface area contributed by atoms with E-state index in [2.05, 4.69) is 22.9 Å². The van der Waals surface area contributed by atoms with E-state index in [9.17, 15) is 0 Å². The lowest BCUT2D eigenvalue weighted by Crippen LogP contribution is -2.24. The van der Waals surface area contributed by atoms with Crippen LogP contribution in [0.1, 0.15) is 42.9 Å². The minimum Gasteiger partial charge on any atom is -0.486 e. The first-order chi connectivity index (χ1) is 8.18. The molecule has 0 amide bonds. The van der Waals surface area contributed by atoms with Crippen molar-refractivity contribution in [1.82, 2.24) is 0 Å². The van der Waals surface area contributed by atoms with Gasteiger partial charge < -0.3 is 15.2 Å². The summed E-state index contributed by atoms with van der Waals surface area (Å²) in [5, 5.41) is 0. The van der Waals surface area contributed by atoms with Crippen LogP contribution in [0.15, 0.2) is 10.5 Å². The van der Waals surface area contributed by atoms with E-state index in [1.165, 1.54) is 5.56 Å². The van der Waals surface area contributed by atoms with Crippen LogP contribution in [0.25, 0.3) is 0 Å². The maximum Gasteiger partial charge on any atom is 0.166 e. The van der Waals surface area contributed by atoms with E-state index in [1.54, 1.807) is 0 Å². The van der Waals surface area contributed by atoms with Gasteiger partial charge in [0.25, 0.3) is 0 Å². The fourth-order valence-corrected chi connectivity index (χ4v) is 3.59. The second kappa shape index (κ2) is 4.18. The molecule has 0 radical (unpaired) electrons. The Balaban J connectivity index is 2.24. The standard InChI is InChI=1S/C13H16BrNO2/c1-7-2-3-9(15)12-11(7)8(14)6-10-13(12)17-5-4-16-10/h6-7,9H,2-5,15H2,1H3. The third kappa shape index (κ3) is 1.74. The van der Waals surface area contributed by atoms with E-state index in [1.807, 2.05) is 6.07 Å². The predicted octanol–water partition coefficient (Wildman–Crippen LogP) is 3.12. The summed E-state index contributed by atoms with van der Waals surface area (Å²) in [4.78, 5) is 0. The molecule has 2 N–H and O–H groups in total. The van der Waals surface area contributed by atoms with E-state index < -0.39 is 0 Å². The molecule has 0 fully saturated rings. The molecule has 0 spiro atoms. The predicted molar refractivity (Wildman–Crippen MR) is 69.7 cm³/mol. The molecule has 3 rings (SSSR count). The van der Waals surface area contributed by atoms with Crippen molar-refractivity contribution in [2.45, 2.75) is 31.7 Å². The summed E-state index contributed by atoms with van der Waals surface area (Å²) < 4.78 is 12.5. The first kappa shape index (κ1) is 11.4. The van der Waals surface area contributed by atoms with Crippen LogP contribution < -0.4 is 15.2 Å². The number of nitrogens with two attached hydrogens (primary N) is 1. The minimum absolute atomic E-state index is 0.0640. The Hall–Kier alpha value is -0.740. The Bertz CT molecular complexity index is 461. The van der Waals surface area contributed by atoms with Crippen LogP contribution >= 0.6 is 15.9 Å². The van der Waals surface area contributed by atoms with Crippen molar-refractivity contribution in [3.63, 3.8) is 0 Å². The van der Waals surface area contributed by atoms with E-state index in [0.717, 1.165) is 34.4 Å². The molecule has 1 aromatic rings. The molecule has 1 aliphatic carbocycles. The van der Waals surface area contributed by atoms with Gasteiger partial charge in [0, 0.05) is 16.1 Å². The lowest BCUT2D eigenvalue weighted by Gasteiger charge is -2.32. The van der Waals surface area contributed by atoms with Crippen molar-refractivity contribution < 1.29 is 9.47 Å². The molecular formula is C13H16BrNO2. The number of fused-ring (bicyclic) bond motifs is 3. The van der Waals surface area contributed by atoms with E-state index in [4.69, 9.17) is 15.2 Å². The van der Waals surface area contributed by atoms with Crippen LogP contribution in [-0.2, 0) is 0 Å². The summed E-state index contributed by atoms with van der Waals surface area (Å²) in [6.45, 7) is 3.47. The first-order valence-corrected chi connectivity index (χ1v) is 6.85. The van der Waals surface area contributed by atoms with Gasteiger partial charge in [-0.15, -0.1) is 0 Å². The Morgan fingerprint density at radius 3 is 2.82 bits per heavy atom. The second-order valence-electron chi connectivity index (χ2n) is 4.79. The number of hydrogen-bond acceptors (Lipinski definition) is 3. The second-order valence-corrected chi connectivity index (χ2v) is 5.65. The average molecular weight is 298 g/mol. The zero-order valence-electron chi connectivity index (χ0n) is 9.83. The highest BCUT2D eigenvalue weighted by atomic mass is 79.9. The lowest BCUT2D eigenvalue weighted by atomic mass is 9.80. The third-order valence-electron chi connectivity index (χ3n) is 3.64. The van der Waals surface area contributed by atoms with Crippen LogP contribution in [0.2, 0.25) is 0 Å². The molecule has 92 valence electrons. The smallest absolute Gasteiger partial charge is 0.166 e. The van der Waals surface area contributed by atoms with Crippen LogP contribution in [0.3, 0.4) is 0 Å². The van der Waals surface area contributed by atoms with E-state index in [-0.39, 0.29) is 6.04 Å². The van der Waals surface area contributed by atoms with Gasteiger partial charge in [0.2, 0.25) is 0 Å². The largest absolute Gasteiger partial charge is 0.486 e. The van der Waals surface area contributed by atoms with E-state index >= 15 is 0 Å². The van der Waals surface area contributed by atoms with Crippen LogP contribution in [-0.4, -0.2) is 13.2 Å². The minimum atomic E-state index is 0.0640. The van der Waals surface area contributed by atoms with Gasteiger partial charge in [0.05, 0.1) is 0 Å². The van der Waals surface area contributed by atoms with Gasteiger partial charge in [-0.05, 0) is 30.4 Å².